The molecule has 7 aromatic carbocycles. The Bertz CT molecular complexity index is 3590. The van der Waals surface area contributed by atoms with E-state index in [1.807, 2.05) is 30.3 Å². The van der Waals surface area contributed by atoms with E-state index in [2.05, 4.69) is 166 Å². The molecule has 0 N–H and O–H groups in total. The van der Waals surface area contributed by atoms with E-state index in [9.17, 15) is 0 Å². The van der Waals surface area contributed by atoms with E-state index in [-0.39, 0.29) is 42.9 Å². The fraction of sp³-hybridized carbons (Fsp3) is 0.190. The van der Waals surface area contributed by atoms with Gasteiger partial charge in [0, 0.05) is 63.4 Å². The summed E-state index contributed by atoms with van der Waals surface area (Å²) in [4.78, 5) is 14.1. The number of hydrogen-bond donors (Lipinski definition) is 0. The van der Waals surface area contributed by atoms with Crippen LogP contribution in [0.15, 0.2) is 155 Å². The predicted molar refractivity (Wildman–Crippen MR) is 263 cm³/mol. The minimum atomic E-state index is -2.11. The Morgan fingerprint density at radius 1 is 0.646 bits per heavy atom. The number of fused-ring (bicyclic) bond motifs is 7. The molecule has 4 heterocycles. The molecule has 0 aliphatic carbocycles. The van der Waals surface area contributed by atoms with Gasteiger partial charge < -0.3 is 13.4 Å². The van der Waals surface area contributed by atoms with Crippen molar-refractivity contribution in [1.29, 1.82) is 0 Å². The van der Waals surface area contributed by atoms with Gasteiger partial charge in [-0.3, -0.25) is 15.0 Å². The van der Waals surface area contributed by atoms with Crippen molar-refractivity contribution in [2.45, 2.75) is 72.6 Å². The molecule has 325 valence electrons. The first-order chi connectivity index (χ1) is 32.1. The van der Waals surface area contributed by atoms with Crippen LogP contribution in [0.5, 0.6) is 0 Å². The van der Waals surface area contributed by atoms with Gasteiger partial charge in [-0.25, -0.2) is 0 Å². The summed E-state index contributed by atoms with van der Waals surface area (Å²) in [5.74, 6) is 1.93. The molecule has 4 aromatic heterocycles. The Morgan fingerprint density at radius 2 is 1.34 bits per heavy atom. The SMILES string of the molecule is CC(C)c1cc(-c2ccccc2)cc(C(C)C)c1-n1c(-c2[c-]ccc3c2oc2cc4c(cc23)oc2ccccc24)nc2ccccc21.[2H]C([2H])([2H])c1c[c-]c(-c2nccc(C(C)(C)C)n2)cc1.[Ir]. The van der Waals surface area contributed by atoms with Crippen LogP contribution in [-0.4, -0.2) is 19.5 Å². The Labute approximate surface area is 398 Å². The fourth-order valence-electron chi connectivity index (χ4n) is 8.63. The smallest absolute Gasteiger partial charge is 0.136 e. The number of benzene rings is 7. The standard InChI is InChI=1S/C43H33N2O2.C15H17N2.Ir/c1-25(2)32-21-28(27-13-6-5-7-14-27)22-33(26(3)4)41(32)45-37-19-10-9-18-36(37)44-43(45)31-17-12-16-30-35-24-39-34(23-40(35)47-42(30)31)29-15-8-11-20-38(29)46-39;1-11-5-7-12(8-6-11)14-16-10-9-13(17-14)15(2,3)4;/h5-16,18-26H,1-4H3;5-7,9-10H,1-4H3;/q2*-1;/i;1D3;. The maximum atomic E-state index is 7.35. The molecule has 7 heteroatoms. The van der Waals surface area contributed by atoms with Crippen molar-refractivity contribution in [3.05, 3.63) is 180 Å². The van der Waals surface area contributed by atoms with Crippen molar-refractivity contribution in [2.24, 2.45) is 0 Å². The molecule has 6 nitrogen and oxygen atoms in total. The topological polar surface area (TPSA) is 69.9 Å². The number of para-hydroxylation sites is 3. The Morgan fingerprint density at radius 3 is 2.05 bits per heavy atom. The van der Waals surface area contributed by atoms with Gasteiger partial charge in [0.1, 0.15) is 16.7 Å². The molecule has 0 amide bonds. The third-order valence-electron chi connectivity index (χ3n) is 11.9. The first kappa shape index (κ1) is 39.9. The molecule has 0 unspecified atom stereocenters. The number of hydrogen-bond acceptors (Lipinski definition) is 5. The van der Waals surface area contributed by atoms with Crippen molar-refractivity contribution in [2.75, 3.05) is 0 Å². The van der Waals surface area contributed by atoms with E-state index in [1.54, 1.807) is 18.3 Å². The predicted octanol–water partition coefficient (Wildman–Crippen LogP) is 15.8. The van der Waals surface area contributed by atoms with E-state index < -0.39 is 6.85 Å². The number of aromatic nitrogens is 4. The second-order valence-corrected chi connectivity index (χ2v) is 18.1. The van der Waals surface area contributed by atoms with E-state index in [4.69, 9.17) is 17.9 Å². The van der Waals surface area contributed by atoms with Crippen LogP contribution >= 0.6 is 0 Å². The summed E-state index contributed by atoms with van der Waals surface area (Å²) in [6.45, 7) is 13.3. The summed E-state index contributed by atoms with van der Waals surface area (Å²) in [5, 5.41) is 4.16. The first-order valence-corrected chi connectivity index (χ1v) is 21.9. The molecular weight excluding hydrogens is 977 g/mol. The van der Waals surface area contributed by atoms with Gasteiger partial charge in [0.25, 0.3) is 0 Å². The number of nitrogens with zero attached hydrogens (tertiary/aromatic N) is 4. The van der Waals surface area contributed by atoms with Crippen LogP contribution in [0.1, 0.15) is 86.8 Å². The molecule has 0 bridgehead atoms. The van der Waals surface area contributed by atoms with E-state index in [0.717, 1.165) is 72.0 Å². The zero-order chi connectivity index (χ0) is 46.8. The molecule has 0 aliphatic heterocycles. The average Bonchev–Trinajstić information content (AvgIpc) is 4.01. The molecule has 0 atom stereocenters. The summed E-state index contributed by atoms with van der Waals surface area (Å²) >= 11 is 0. The third-order valence-corrected chi connectivity index (χ3v) is 11.9. The molecule has 65 heavy (non-hydrogen) atoms. The van der Waals surface area contributed by atoms with Crippen LogP contribution < -0.4 is 0 Å². The Kier molecular flexibility index (Phi) is 10.7. The molecular formula is C58H50IrN4O2-2. The van der Waals surface area contributed by atoms with Crippen LogP contribution in [0.25, 0.3) is 94.5 Å². The summed E-state index contributed by atoms with van der Waals surface area (Å²) in [5.41, 5.74) is 14.2. The van der Waals surface area contributed by atoms with Crippen molar-refractivity contribution in [3.63, 3.8) is 0 Å². The third kappa shape index (κ3) is 8.09. The number of rotatable bonds is 6. The normalized spacial score (nSPS) is 12.7. The molecule has 0 saturated heterocycles. The largest absolute Gasteiger partial charge is 0.501 e. The van der Waals surface area contributed by atoms with E-state index >= 15 is 0 Å². The van der Waals surface area contributed by atoms with Crippen molar-refractivity contribution in [1.82, 2.24) is 19.5 Å². The maximum absolute atomic E-state index is 7.35. The molecule has 11 rings (SSSR count). The quantitative estimate of drug-likeness (QED) is 0.155. The Hall–Kier alpha value is -6.66. The summed E-state index contributed by atoms with van der Waals surface area (Å²) in [6, 6.07) is 53.4. The molecule has 1 radical (unpaired) electrons. The van der Waals surface area contributed by atoms with Gasteiger partial charge in [-0.05, 0) is 82.6 Å². The molecule has 0 saturated carbocycles. The van der Waals surface area contributed by atoms with Crippen molar-refractivity contribution in [3.8, 4) is 39.6 Å². The fourth-order valence-corrected chi connectivity index (χ4v) is 8.63. The number of aryl methyl sites for hydroxylation is 1. The van der Waals surface area contributed by atoms with Gasteiger partial charge in [0.2, 0.25) is 0 Å². The Balaban J connectivity index is 0.000000232. The maximum Gasteiger partial charge on any atom is 0.136 e. The first-order valence-electron chi connectivity index (χ1n) is 23.4. The van der Waals surface area contributed by atoms with Crippen LogP contribution in [0.4, 0.5) is 0 Å². The molecule has 0 fully saturated rings. The van der Waals surface area contributed by atoms with Gasteiger partial charge in [-0.2, -0.15) is 0 Å². The van der Waals surface area contributed by atoms with Crippen molar-refractivity contribution >= 4 is 54.9 Å². The van der Waals surface area contributed by atoms with Crippen LogP contribution in [0.3, 0.4) is 0 Å². The van der Waals surface area contributed by atoms with E-state index in [1.165, 1.54) is 34.0 Å². The van der Waals surface area contributed by atoms with Crippen LogP contribution in [0.2, 0.25) is 0 Å². The molecule has 0 aliphatic rings. The second kappa shape index (κ2) is 17.4. The van der Waals surface area contributed by atoms with Gasteiger partial charge in [0.05, 0.1) is 28.3 Å². The van der Waals surface area contributed by atoms with Gasteiger partial charge >= 0.3 is 0 Å². The second-order valence-electron chi connectivity index (χ2n) is 18.1. The number of imidazole rings is 1. The van der Waals surface area contributed by atoms with Crippen molar-refractivity contribution < 1.29 is 33.1 Å². The summed E-state index contributed by atoms with van der Waals surface area (Å²) < 4.78 is 37.4. The van der Waals surface area contributed by atoms with Crippen LogP contribution in [0, 0.1) is 19.0 Å². The summed E-state index contributed by atoms with van der Waals surface area (Å²) in [6.07, 6.45) is 1.72. The number of furan rings is 2. The zero-order valence-electron chi connectivity index (χ0n) is 40.4. The van der Waals surface area contributed by atoms with Gasteiger partial charge in [-0.1, -0.05) is 127 Å². The minimum absolute atomic E-state index is 0. The monoisotopic (exact) mass is 1030 g/mol. The average molecular weight is 1030 g/mol. The van der Waals surface area contributed by atoms with Crippen LogP contribution in [-0.2, 0) is 25.5 Å². The van der Waals surface area contributed by atoms with E-state index in [0.29, 0.717) is 11.4 Å². The van der Waals surface area contributed by atoms with Gasteiger partial charge in [0.15, 0.2) is 0 Å². The van der Waals surface area contributed by atoms with Gasteiger partial charge in [-0.15, -0.1) is 53.6 Å². The molecule has 11 aromatic rings. The molecule has 0 spiro atoms. The zero-order valence-corrected chi connectivity index (χ0v) is 39.8. The summed E-state index contributed by atoms with van der Waals surface area (Å²) in [7, 11) is 0. The minimum Gasteiger partial charge on any atom is -0.501 e.